The van der Waals surface area contributed by atoms with Gasteiger partial charge in [0.2, 0.25) is 0 Å². The van der Waals surface area contributed by atoms with E-state index in [1.807, 2.05) is 0 Å². The van der Waals surface area contributed by atoms with Crippen molar-refractivity contribution in [3.05, 3.63) is 27.8 Å². The first-order valence-corrected chi connectivity index (χ1v) is 9.75. The summed E-state index contributed by atoms with van der Waals surface area (Å²) in [5.74, 6) is 2.54. The van der Waals surface area contributed by atoms with Crippen LogP contribution in [-0.2, 0) is 4.74 Å². The quantitative estimate of drug-likeness (QED) is 0.374. The number of methoxy groups -OCH3 is 1. The molecule has 0 aromatic heterocycles. The number of nitrogen functional groups attached to an aromatic ring is 1. The Morgan fingerprint density at radius 2 is 2.00 bits per heavy atom. The fraction of sp³-hybridized carbons (Fsp3) is 0.357. The van der Waals surface area contributed by atoms with Gasteiger partial charge >= 0.3 is 5.97 Å². The summed E-state index contributed by atoms with van der Waals surface area (Å²) in [6.45, 7) is 8.14. The van der Waals surface area contributed by atoms with Crippen molar-refractivity contribution >= 4 is 31.3 Å². The van der Waals surface area contributed by atoms with E-state index in [-0.39, 0.29) is 5.02 Å². The van der Waals surface area contributed by atoms with Crippen LogP contribution in [0.5, 0.6) is 0 Å². The zero-order valence-electron chi connectivity index (χ0n) is 11.8. The van der Waals surface area contributed by atoms with Crippen LogP contribution in [0.25, 0.3) is 0 Å². The third-order valence-corrected chi connectivity index (χ3v) is 3.70. The molecule has 19 heavy (non-hydrogen) atoms. The topological polar surface area (TPSA) is 52.3 Å². The monoisotopic (exact) mass is 295 g/mol. The van der Waals surface area contributed by atoms with Crippen LogP contribution in [0.4, 0.5) is 5.69 Å². The highest BCUT2D eigenvalue weighted by molar-refractivity contribution is 6.83. The molecule has 0 unspecified atom stereocenters. The van der Waals surface area contributed by atoms with Crippen LogP contribution in [-0.4, -0.2) is 21.2 Å². The first-order valence-electron chi connectivity index (χ1n) is 5.87. The first-order chi connectivity index (χ1) is 8.67. The molecule has 0 aliphatic carbocycles. The minimum atomic E-state index is -1.54. The van der Waals surface area contributed by atoms with Crippen molar-refractivity contribution in [2.24, 2.45) is 0 Å². The summed E-state index contributed by atoms with van der Waals surface area (Å²) in [7, 11) is -0.223. The van der Waals surface area contributed by atoms with Crippen molar-refractivity contribution in [3.63, 3.8) is 0 Å². The number of ether oxygens (including phenoxy) is 1. The molecule has 0 aliphatic rings. The Labute approximate surface area is 120 Å². The van der Waals surface area contributed by atoms with Crippen LogP contribution in [0.2, 0.25) is 24.7 Å². The maximum absolute atomic E-state index is 11.7. The molecule has 1 aromatic carbocycles. The molecule has 2 N–H and O–H groups in total. The van der Waals surface area contributed by atoms with Crippen LogP contribution in [0, 0.1) is 18.4 Å². The molecule has 1 rings (SSSR count). The second-order valence-electron chi connectivity index (χ2n) is 5.34. The lowest BCUT2D eigenvalue weighted by Crippen LogP contribution is -2.16. The summed E-state index contributed by atoms with van der Waals surface area (Å²) in [5.41, 5.74) is 11.2. The van der Waals surface area contributed by atoms with Crippen molar-refractivity contribution in [1.82, 2.24) is 0 Å². The minimum absolute atomic E-state index is 0.273. The smallest absolute Gasteiger partial charge is 0.339 e. The second-order valence-corrected chi connectivity index (χ2v) is 10.5. The normalized spacial score (nSPS) is 10.6. The molecule has 0 saturated carbocycles. The van der Waals surface area contributed by atoms with Crippen molar-refractivity contribution < 1.29 is 9.53 Å². The van der Waals surface area contributed by atoms with Gasteiger partial charge in [-0.05, 0) is 18.6 Å². The molecular weight excluding hydrogens is 278 g/mol. The summed E-state index contributed by atoms with van der Waals surface area (Å²) in [4.78, 5) is 11.7. The van der Waals surface area contributed by atoms with Gasteiger partial charge in [0.25, 0.3) is 0 Å². The molecule has 3 nitrogen and oxygen atoms in total. The van der Waals surface area contributed by atoms with Crippen molar-refractivity contribution in [1.29, 1.82) is 0 Å². The van der Waals surface area contributed by atoms with Gasteiger partial charge in [-0.25, -0.2) is 4.79 Å². The SMILES string of the molecule is COC(=O)c1c(C)cc(N)c(C#C[Si](C)(C)C)c1Cl. The zero-order valence-corrected chi connectivity index (χ0v) is 13.6. The Hall–Kier alpha value is -1.44. The molecule has 5 heteroatoms. The lowest BCUT2D eigenvalue weighted by atomic mass is 10.0. The Morgan fingerprint density at radius 3 is 2.47 bits per heavy atom. The van der Waals surface area contributed by atoms with E-state index in [9.17, 15) is 4.79 Å². The molecule has 0 radical (unpaired) electrons. The van der Waals surface area contributed by atoms with E-state index in [4.69, 9.17) is 22.1 Å². The second kappa shape index (κ2) is 5.68. The third kappa shape index (κ3) is 3.76. The molecule has 102 valence electrons. The molecular formula is C14H18ClNO2Si. The van der Waals surface area contributed by atoms with Gasteiger partial charge in [0.15, 0.2) is 0 Å². The van der Waals surface area contributed by atoms with E-state index in [1.54, 1.807) is 13.0 Å². The highest BCUT2D eigenvalue weighted by Crippen LogP contribution is 2.29. The van der Waals surface area contributed by atoms with Crippen LogP contribution in [0.3, 0.4) is 0 Å². The van der Waals surface area contributed by atoms with E-state index in [2.05, 4.69) is 31.1 Å². The molecule has 0 atom stereocenters. The number of carbonyl (C=O) groups excluding carboxylic acids is 1. The maximum atomic E-state index is 11.7. The molecule has 0 fully saturated rings. The predicted octanol–water partition coefficient (Wildman–Crippen LogP) is 3.25. The lowest BCUT2D eigenvalue weighted by Gasteiger charge is -2.11. The van der Waals surface area contributed by atoms with Gasteiger partial charge in [-0.1, -0.05) is 37.2 Å². The molecule has 0 spiro atoms. The van der Waals surface area contributed by atoms with Gasteiger partial charge in [-0.3, -0.25) is 0 Å². The standard InChI is InChI=1S/C14H18ClNO2Si/c1-9-8-11(16)10(6-7-19(3,4)5)13(15)12(9)14(17)18-2/h8H,16H2,1-5H3. The number of esters is 1. The Kier molecular flexibility index (Phi) is 4.67. The lowest BCUT2D eigenvalue weighted by molar-refractivity contribution is 0.0600. The van der Waals surface area contributed by atoms with E-state index in [0.717, 1.165) is 0 Å². The highest BCUT2D eigenvalue weighted by Gasteiger charge is 2.19. The number of nitrogens with two attached hydrogens (primary N) is 1. The molecule has 0 amide bonds. The van der Waals surface area contributed by atoms with Crippen LogP contribution >= 0.6 is 11.6 Å². The van der Waals surface area contributed by atoms with E-state index in [0.29, 0.717) is 22.4 Å². The predicted molar refractivity (Wildman–Crippen MR) is 82.2 cm³/mol. The Bertz CT molecular complexity index is 580. The van der Waals surface area contributed by atoms with Gasteiger partial charge in [-0.15, -0.1) is 5.54 Å². The summed E-state index contributed by atoms with van der Waals surface area (Å²) < 4.78 is 4.73. The number of hydrogen-bond acceptors (Lipinski definition) is 3. The van der Waals surface area contributed by atoms with Crippen molar-refractivity contribution in [3.8, 4) is 11.5 Å². The summed E-state index contributed by atoms with van der Waals surface area (Å²) in [6, 6.07) is 1.70. The van der Waals surface area contributed by atoms with Gasteiger partial charge in [-0.2, -0.15) is 0 Å². The highest BCUT2D eigenvalue weighted by atomic mass is 35.5. The van der Waals surface area contributed by atoms with Crippen molar-refractivity contribution in [2.45, 2.75) is 26.6 Å². The number of halogens is 1. The van der Waals surface area contributed by atoms with Crippen molar-refractivity contribution in [2.75, 3.05) is 12.8 Å². The zero-order chi connectivity index (χ0) is 14.8. The number of rotatable bonds is 1. The van der Waals surface area contributed by atoms with E-state index in [1.165, 1.54) is 7.11 Å². The molecule has 0 aliphatic heterocycles. The third-order valence-electron chi connectivity index (χ3n) is 2.45. The Morgan fingerprint density at radius 1 is 1.42 bits per heavy atom. The molecule has 0 bridgehead atoms. The van der Waals surface area contributed by atoms with Crippen LogP contribution in [0.15, 0.2) is 6.07 Å². The summed E-state index contributed by atoms with van der Waals surface area (Å²) in [5, 5.41) is 0.273. The molecule has 0 saturated heterocycles. The van der Waals surface area contributed by atoms with Crippen LogP contribution in [0.1, 0.15) is 21.5 Å². The summed E-state index contributed by atoms with van der Waals surface area (Å²) >= 11 is 6.25. The fourth-order valence-electron chi connectivity index (χ4n) is 1.53. The summed E-state index contributed by atoms with van der Waals surface area (Å²) in [6.07, 6.45) is 0. The number of anilines is 1. The largest absolute Gasteiger partial charge is 0.465 e. The fourth-order valence-corrected chi connectivity index (χ4v) is 2.41. The first kappa shape index (κ1) is 15.6. The maximum Gasteiger partial charge on any atom is 0.339 e. The number of aryl methyl sites for hydroxylation is 1. The van der Waals surface area contributed by atoms with Gasteiger partial charge < -0.3 is 10.5 Å². The van der Waals surface area contributed by atoms with Gasteiger partial charge in [0.05, 0.1) is 23.3 Å². The van der Waals surface area contributed by atoms with Gasteiger partial charge in [0.1, 0.15) is 8.07 Å². The molecule has 1 aromatic rings. The number of hydrogen-bond donors (Lipinski definition) is 1. The molecule has 0 heterocycles. The van der Waals surface area contributed by atoms with E-state index >= 15 is 0 Å². The van der Waals surface area contributed by atoms with Crippen LogP contribution < -0.4 is 5.73 Å². The van der Waals surface area contributed by atoms with Gasteiger partial charge in [0, 0.05) is 5.69 Å². The average molecular weight is 296 g/mol. The van der Waals surface area contributed by atoms with E-state index < -0.39 is 14.0 Å². The number of carbonyl (C=O) groups is 1. The minimum Gasteiger partial charge on any atom is -0.465 e. The average Bonchev–Trinajstić information content (AvgIpc) is 2.26. The number of benzene rings is 1. The Balaban J connectivity index is 3.49.